The van der Waals surface area contributed by atoms with Gasteiger partial charge < -0.3 is 25.0 Å². The molecule has 31 heavy (non-hydrogen) atoms. The number of anilines is 2. The molecule has 8 heteroatoms. The fraction of sp³-hybridized carbons (Fsp3) is 0.478. The number of methoxy groups -OCH3 is 1. The maximum absolute atomic E-state index is 5.78. The Bertz CT molecular complexity index is 767. The number of guanidine groups is 1. The molecule has 0 atom stereocenters. The maximum atomic E-state index is 5.78. The Morgan fingerprint density at radius 1 is 1.10 bits per heavy atom. The van der Waals surface area contributed by atoms with E-state index in [9.17, 15) is 0 Å². The zero-order valence-corrected chi connectivity index (χ0v) is 21.4. The van der Waals surface area contributed by atoms with E-state index in [0.29, 0.717) is 19.8 Å². The molecule has 172 valence electrons. The van der Waals surface area contributed by atoms with Gasteiger partial charge >= 0.3 is 0 Å². The van der Waals surface area contributed by atoms with Crippen LogP contribution in [0.25, 0.3) is 0 Å². The van der Waals surface area contributed by atoms with Crippen LogP contribution in [0.5, 0.6) is 5.75 Å². The van der Waals surface area contributed by atoms with Gasteiger partial charge in [-0.25, -0.2) is 9.98 Å². The summed E-state index contributed by atoms with van der Waals surface area (Å²) in [6.45, 7) is 10.9. The van der Waals surface area contributed by atoms with Crippen molar-refractivity contribution in [3.05, 3.63) is 48.2 Å². The Hall–Kier alpha value is -2.07. The molecule has 0 radical (unpaired) electrons. The monoisotopic (exact) mass is 541 g/mol. The van der Waals surface area contributed by atoms with Crippen molar-refractivity contribution in [3.63, 3.8) is 0 Å². The highest BCUT2D eigenvalue weighted by Gasteiger charge is 2.04. The van der Waals surface area contributed by atoms with E-state index in [1.54, 1.807) is 7.11 Å². The Kier molecular flexibility index (Phi) is 13.6. The lowest BCUT2D eigenvalue weighted by Crippen LogP contribution is -2.30. The molecule has 7 nitrogen and oxygen atoms in total. The van der Waals surface area contributed by atoms with Crippen molar-refractivity contribution < 1.29 is 9.47 Å². The number of halogens is 1. The molecular weight excluding hydrogens is 505 g/mol. The van der Waals surface area contributed by atoms with Gasteiger partial charge in [-0.2, -0.15) is 0 Å². The van der Waals surface area contributed by atoms with Crippen LogP contribution in [0.15, 0.2) is 47.6 Å². The van der Waals surface area contributed by atoms with E-state index in [1.807, 2.05) is 37.4 Å². The predicted octanol–water partition coefficient (Wildman–Crippen LogP) is 4.54. The third kappa shape index (κ3) is 9.73. The van der Waals surface area contributed by atoms with Crippen molar-refractivity contribution in [3.8, 4) is 5.75 Å². The van der Waals surface area contributed by atoms with E-state index in [2.05, 4.69) is 46.5 Å². The summed E-state index contributed by atoms with van der Waals surface area (Å²) in [5.41, 5.74) is 1.99. The van der Waals surface area contributed by atoms with E-state index in [4.69, 9.17) is 14.5 Å². The zero-order valence-electron chi connectivity index (χ0n) is 19.1. The van der Waals surface area contributed by atoms with Gasteiger partial charge in [-0.3, -0.25) is 0 Å². The highest BCUT2D eigenvalue weighted by atomic mass is 127. The van der Waals surface area contributed by atoms with Gasteiger partial charge in [-0.15, -0.1) is 24.0 Å². The summed E-state index contributed by atoms with van der Waals surface area (Å²) in [4.78, 5) is 11.5. The van der Waals surface area contributed by atoms with Crippen LogP contribution in [0.2, 0.25) is 0 Å². The third-order valence-electron chi connectivity index (χ3n) is 4.52. The van der Waals surface area contributed by atoms with Gasteiger partial charge in [0.2, 0.25) is 0 Å². The van der Waals surface area contributed by atoms with Crippen LogP contribution in [0.3, 0.4) is 0 Å². The predicted molar refractivity (Wildman–Crippen MR) is 140 cm³/mol. The van der Waals surface area contributed by atoms with Crippen LogP contribution in [0.1, 0.15) is 32.8 Å². The van der Waals surface area contributed by atoms with Crippen molar-refractivity contribution in [2.45, 2.75) is 33.7 Å². The average Bonchev–Trinajstić information content (AvgIpc) is 2.77. The Morgan fingerprint density at radius 2 is 1.90 bits per heavy atom. The molecule has 2 rings (SSSR count). The van der Waals surface area contributed by atoms with Crippen LogP contribution >= 0.6 is 24.0 Å². The molecule has 0 saturated carbocycles. The number of nitrogens with one attached hydrogen (secondary N) is 2. The molecule has 0 amide bonds. The van der Waals surface area contributed by atoms with E-state index < -0.39 is 0 Å². The number of pyridine rings is 1. The molecule has 0 unspecified atom stereocenters. The second-order valence-corrected chi connectivity index (χ2v) is 6.74. The second-order valence-electron chi connectivity index (χ2n) is 6.74. The molecule has 0 aliphatic heterocycles. The Labute approximate surface area is 203 Å². The fourth-order valence-electron chi connectivity index (χ4n) is 2.92. The van der Waals surface area contributed by atoms with Crippen LogP contribution < -0.4 is 20.3 Å². The first-order chi connectivity index (χ1) is 14.7. The number of nitrogens with zero attached hydrogens (tertiary/aromatic N) is 3. The number of hydrogen-bond acceptors (Lipinski definition) is 5. The van der Waals surface area contributed by atoms with Gasteiger partial charge in [0.1, 0.15) is 11.6 Å². The van der Waals surface area contributed by atoms with Crippen LogP contribution in [0.4, 0.5) is 11.5 Å². The summed E-state index contributed by atoms with van der Waals surface area (Å²) in [6.07, 6.45) is 2.76. The topological polar surface area (TPSA) is 71.0 Å². The standard InChI is InChI=1S/C23H35N5O2.HI/c1-5-24-23(26-18-19-12-13-22(25-17-19)28(6-2)7-3)27-20-10-8-11-21(16-20)30-15-9-14-29-4;/h8,10-13,16-17H,5-7,9,14-15,18H2,1-4H3,(H2,24,26,27);1H. The summed E-state index contributed by atoms with van der Waals surface area (Å²) >= 11 is 0. The number of rotatable bonds is 12. The fourth-order valence-corrected chi connectivity index (χ4v) is 2.92. The summed E-state index contributed by atoms with van der Waals surface area (Å²) in [7, 11) is 1.70. The lowest BCUT2D eigenvalue weighted by molar-refractivity contribution is 0.172. The van der Waals surface area contributed by atoms with E-state index in [-0.39, 0.29) is 24.0 Å². The summed E-state index contributed by atoms with van der Waals surface area (Å²) in [5.74, 6) is 2.55. The normalized spacial score (nSPS) is 10.9. The molecule has 1 aromatic carbocycles. The first kappa shape index (κ1) is 27.0. The van der Waals surface area contributed by atoms with Crippen molar-refractivity contribution >= 4 is 41.4 Å². The molecule has 2 aromatic rings. The molecule has 0 aliphatic rings. The highest BCUT2D eigenvalue weighted by Crippen LogP contribution is 2.18. The molecule has 2 N–H and O–H groups in total. The van der Waals surface area contributed by atoms with Crippen LogP contribution in [0, 0.1) is 0 Å². The minimum atomic E-state index is 0. The van der Waals surface area contributed by atoms with Gasteiger partial charge in [0.05, 0.1) is 13.2 Å². The summed E-state index contributed by atoms with van der Waals surface area (Å²) in [6, 6.07) is 12.0. The van der Waals surface area contributed by atoms with Crippen LogP contribution in [-0.4, -0.2) is 50.9 Å². The van der Waals surface area contributed by atoms with Crippen molar-refractivity contribution in [2.75, 3.05) is 50.2 Å². The average molecular weight is 541 g/mol. The molecule has 0 aliphatic carbocycles. The highest BCUT2D eigenvalue weighted by molar-refractivity contribution is 14.0. The van der Waals surface area contributed by atoms with Crippen molar-refractivity contribution in [1.82, 2.24) is 10.3 Å². The van der Waals surface area contributed by atoms with Gasteiger partial charge in [0.25, 0.3) is 0 Å². The molecular formula is C23H36IN5O2. The van der Waals surface area contributed by atoms with E-state index in [0.717, 1.165) is 54.8 Å². The zero-order chi connectivity index (χ0) is 21.6. The summed E-state index contributed by atoms with van der Waals surface area (Å²) in [5, 5.41) is 6.63. The number of hydrogen-bond donors (Lipinski definition) is 2. The molecule has 0 fully saturated rings. The van der Waals surface area contributed by atoms with Crippen molar-refractivity contribution in [1.29, 1.82) is 0 Å². The third-order valence-corrected chi connectivity index (χ3v) is 4.52. The van der Waals surface area contributed by atoms with Gasteiger partial charge in [-0.05, 0) is 44.5 Å². The number of benzene rings is 1. The lowest BCUT2D eigenvalue weighted by atomic mass is 10.3. The second kappa shape index (κ2) is 15.7. The first-order valence-corrected chi connectivity index (χ1v) is 10.7. The molecule has 0 saturated heterocycles. The first-order valence-electron chi connectivity index (χ1n) is 10.7. The van der Waals surface area contributed by atoms with Gasteiger partial charge in [0, 0.05) is 57.7 Å². The van der Waals surface area contributed by atoms with Crippen molar-refractivity contribution in [2.24, 2.45) is 4.99 Å². The largest absolute Gasteiger partial charge is 0.493 e. The SMILES string of the molecule is CCNC(=NCc1ccc(N(CC)CC)nc1)Nc1cccc(OCCCOC)c1.I. The number of ether oxygens (including phenoxy) is 2. The molecule has 1 heterocycles. The van der Waals surface area contributed by atoms with E-state index >= 15 is 0 Å². The molecule has 0 bridgehead atoms. The number of aliphatic imine (C=N–C) groups is 1. The minimum absolute atomic E-state index is 0. The smallest absolute Gasteiger partial charge is 0.196 e. The maximum Gasteiger partial charge on any atom is 0.196 e. The van der Waals surface area contributed by atoms with Gasteiger partial charge in [-0.1, -0.05) is 12.1 Å². The quantitative estimate of drug-likeness (QED) is 0.178. The Balaban J connectivity index is 0.00000480. The lowest BCUT2D eigenvalue weighted by Gasteiger charge is -2.19. The molecule has 1 aromatic heterocycles. The van der Waals surface area contributed by atoms with Crippen LogP contribution in [-0.2, 0) is 11.3 Å². The minimum Gasteiger partial charge on any atom is -0.493 e. The van der Waals surface area contributed by atoms with Gasteiger partial charge in [0.15, 0.2) is 5.96 Å². The Morgan fingerprint density at radius 3 is 2.55 bits per heavy atom. The summed E-state index contributed by atoms with van der Waals surface area (Å²) < 4.78 is 10.8. The van der Waals surface area contributed by atoms with E-state index in [1.165, 1.54) is 0 Å². The number of aromatic nitrogens is 1. The molecule has 0 spiro atoms.